The van der Waals surface area contributed by atoms with Gasteiger partial charge >= 0.3 is 0 Å². The third-order valence-electron chi connectivity index (χ3n) is 4.39. The van der Waals surface area contributed by atoms with Crippen molar-refractivity contribution in [1.82, 2.24) is 9.97 Å². The van der Waals surface area contributed by atoms with Gasteiger partial charge in [-0.3, -0.25) is 0 Å². The van der Waals surface area contributed by atoms with Crippen molar-refractivity contribution in [2.24, 2.45) is 0 Å². The molecule has 0 spiro atoms. The number of hydrogen-bond donors (Lipinski definition) is 2. The lowest BCUT2D eigenvalue weighted by molar-refractivity contribution is 0.171. The first-order chi connectivity index (χ1) is 13.1. The summed E-state index contributed by atoms with van der Waals surface area (Å²) >= 11 is 0. The number of ether oxygens (including phenoxy) is 2. The predicted octanol–water partition coefficient (Wildman–Crippen LogP) is 4.66. The SMILES string of the molecule is Cc1cc(Nc2c(C)cccc2C)nc(Nc2ccc3c(c2)OCCO3)n1. The minimum atomic E-state index is 0.528. The molecule has 6 heteroatoms. The van der Waals surface area contributed by atoms with Crippen molar-refractivity contribution in [2.45, 2.75) is 20.8 Å². The molecule has 0 saturated heterocycles. The third-order valence-corrected chi connectivity index (χ3v) is 4.39. The van der Waals surface area contributed by atoms with E-state index < -0.39 is 0 Å². The normalized spacial score (nSPS) is 12.6. The van der Waals surface area contributed by atoms with Gasteiger partial charge in [0.15, 0.2) is 11.5 Å². The standard InChI is InChI=1S/C21H22N4O2/c1-13-5-4-6-14(2)20(13)24-19-11-15(3)22-21(25-19)23-16-7-8-17-18(12-16)27-10-9-26-17/h4-8,11-12H,9-10H2,1-3H3,(H2,22,23,24,25). The van der Waals surface area contributed by atoms with Crippen molar-refractivity contribution >= 4 is 23.1 Å². The van der Waals surface area contributed by atoms with Crippen LogP contribution in [0.1, 0.15) is 16.8 Å². The molecule has 6 nitrogen and oxygen atoms in total. The fourth-order valence-electron chi connectivity index (χ4n) is 3.08. The Hall–Kier alpha value is -3.28. The molecule has 4 rings (SSSR count). The fraction of sp³-hybridized carbons (Fsp3) is 0.238. The molecule has 2 heterocycles. The number of rotatable bonds is 4. The lowest BCUT2D eigenvalue weighted by Crippen LogP contribution is -2.15. The number of nitrogens with one attached hydrogen (secondary N) is 2. The summed E-state index contributed by atoms with van der Waals surface area (Å²) in [6.07, 6.45) is 0. The number of hydrogen-bond acceptors (Lipinski definition) is 6. The molecule has 138 valence electrons. The molecule has 0 atom stereocenters. The molecule has 1 aliphatic rings. The molecule has 0 amide bonds. The monoisotopic (exact) mass is 362 g/mol. The maximum Gasteiger partial charge on any atom is 0.229 e. The van der Waals surface area contributed by atoms with E-state index in [0.29, 0.717) is 19.2 Å². The third kappa shape index (κ3) is 3.79. The van der Waals surface area contributed by atoms with E-state index in [2.05, 4.69) is 52.6 Å². The van der Waals surface area contributed by atoms with Gasteiger partial charge in [-0.2, -0.15) is 4.98 Å². The average molecular weight is 362 g/mol. The van der Waals surface area contributed by atoms with Crippen molar-refractivity contribution in [3.05, 3.63) is 59.3 Å². The first-order valence-electron chi connectivity index (χ1n) is 8.94. The average Bonchev–Trinajstić information content (AvgIpc) is 2.64. The van der Waals surface area contributed by atoms with Crippen LogP contribution in [0.4, 0.5) is 23.1 Å². The van der Waals surface area contributed by atoms with Crippen molar-refractivity contribution in [3.63, 3.8) is 0 Å². The Kier molecular flexibility index (Phi) is 4.54. The number of nitrogens with zero attached hydrogens (tertiary/aromatic N) is 2. The molecule has 0 bridgehead atoms. The predicted molar refractivity (Wildman–Crippen MR) is 107 cm³/mol. The van der Waals surface area contributed by atoms with E-state index in [0.717, 1.165) is 34.4 Å². The summed E-state index contributed by atoms with van der Waals surface area (Å²) in [5, 5.41) is 6.67. The van der Waals surface area contributed by atoms with Crippen molar-refractivity contribution in [1.29, 1.82) is 0 Å². The van der Waals surface area contributed by atoms with E-state index in [4.69, 9.17) is 9.47 Å². The Balaban J connectivity index is 1.59. The zero-order chi connectivity index (χ0) is 18.8. The van der Waals surface area contributed by atoms with Crippen LogP contribution in [0.3, 0.4) is 0 Å². The number of fused-ring (bicyclic) bond motifs is 1. The number of aromatic nitrogens is 2. The van der Waals surface area contributed by atoms with E-state index in [1.165, 1.54) is 11.1 Å². The number of benzene rings is 2. The van der Waals surface area contributed by atoms with Crippen LogP contribution in [0.2, 0.25) is 0 Å². The Labute approximate surface area is 158 Å². The van der Waals surface area contributed by atoms with E-state index in [1.807, 2.05) is 31.2 Å². The summed E-state index contributed by atoms with van der Waals surface area (Å²) in [7, 11) is 0. The maximum absolute atomic E-state index is 5.64. The molecule has 0 radical (unpaired) electrons. The molecule has 2 N–H and O–H groups in total. The van der Waals surface area contributed by atoms with Crippen LogP contribution in [-0.2, 0) is 0 Å². The Bertz CT molecular complexity index is 968. The molecular weight excluding hydrogens is 340 g/mol. The van der Waals surface area contributed by atoms with E-state index >= 15 is 0 Å². The van der Waals surface area contributed by atoms with Gasteiger partial charge < -0.3 is 20.1 Å². The van der Waals surface area contributed by atoms with Gasteiger partial charge in [-0.15, -0.1) is 0 Å². The summed E-state index contributed by atoms with van der Waals surface area (Å²) < 4.78 is 11.2. The van der Waals surface area contributed by atoms with E-state index in [9.17, 15) is 0 Å². The molecule has 2 aromatic carbocycles. The molecule has 3 aromatic rings. The van der Waals surface area contributed by atoms with Gasteiger partial charge in [-0.05, 0) is 44.0 Å². The highest BCUT2D eigenvalue weighted by Gasteiger charge is 2.13. The maximum atomic E-state index is 5.64. The van der Waals surface area contributed by atoms with Crippen LogP contribution in [0.25, 0.3) is 0 Å². The lowest BCUT2D eigenvalue weighted by Gasteiger charge is -2.19. The molecule has 1 aromatic heterocycles. The van der Waals surface area contributed by atoms with Gasteiger partial charge in [0, 0.05) is 29.2 Å². The van der Waals surface area contributed by atoms with Gasteiger partial charge in [0.2, 0.25) is 5.95 Å². The summed E-state index contributed by atoms with van der Waals surface area (Å²) in [6.45, 7) is 7.25. The molecule has 27 heavy (non-hydrogen) atoms. The molecule has 0 aliphatic carbocycles. The van der Waals surface area contributed by atoms with Crippen molar-refractivity contribution in [3.8, 4) is 11.5 Å². The highest BCUT2D eigenvalue weighted by atomic mass is 16.6. The molecule has 0 saturated carbocycles. The van der Waals surface area contributed by atoms with Crippen molar-refractivity contribution < 1.29 is 9.47 Å². The van der Waals surface area contributed by atoms with Gasteiger partial charge in [-0.1, -0.05) is 18.2 Å². The van der Waals surface area contributed by atoms with Crippen LogP contribution in [0, 0.1) is 20.8 Å². The first kappa shape index (κ1) is 17.1. The van der Waals surface area contributed by atoms with E-state index in [1.54, 1.807) is 0 Å². The van der Waals surface area contributed by atoms with Gasteiger partial charge in [0.1, 0.15) is 19.0 Å². The van der Waals surface area contributed by atoms with Crippen LogP contribution in [-0.4, -0.2) is 23.2 Å². The molecule has 0 fully saturated rings. The Morgan fingerprint density at radius 3 is 2.33 bits per heavy atom. The number of para-hydroxylation sites is 1. The van der Waals surface area contributed by atoms with Crippen LogP contribution in [0.15, 0.2) is 42.5 Å². The topological polar surface area (TPSA) is 68.3 Å². The lowest BCUT2D eigenvalue weighted by atomic mass is 10.1. The Morgan fingerprint density at radius 2 is 1.56 bits per heavy atom. The largest absolute Gasteiger partial charge is 0.486 e. The second-order valence-electron chi connectivity index (χ2n) is 6.59. The quantitative estimate of drug-likeness (QED) is 0.703. The minimum Gasteiger partial charge on any atom is -0.486 e. The Morgan fingerprint density at radius 1 is 0.815 bits per heavy atom. The zero-order valence-corrected chi connectivity index (χ0v) is 15.7. The van der Waals surface area contributed by atoms with Crippen LogP contribution >= 0.6 is 0 Å². The molecule has 1 aliphatic heterocycles. The van der Waals surface area contributed by atoms with Crippen LogP contribution in [0.5, 0.6) is 11.5 Å². The summed E-state index contributed by atoms with van der Waals surface area (Å²) in [5.41, 5.74) is 5.14. The molecule has 0 unspecified atom stereocenters. The van der Waals surface area contributed by atoms with Gasteiger partial charge in [0.25, 0.3) is 0 Å². The number of anilines is 4. The molecular formula is C21H22N4O2. The van der Waals surface area contributed by atoms with Gasteiger partial charge in [0.05, 0.1) is 0 Å². The van der Waals surface area contributed by atoms with Crippen molar-refractivity contribution in [2.75, 3.05) is 23.8 Å². The van der Waals surface area contributed by atoms with Crippen LogP contribution < -0.4 is 20.1 Å². The smallest absolute Gasteiger partial charge is 0.229 e. The second-order valence-corrected chi connectivity index (χ2v) is 6.59. The number of aryl methyl sites for hydroxylation is 3. The highest BCUT2D eigenvalue weighted by Crippen LogP contribution is 2.33. The van der Waals surface area contributed by atoms with E-state index in [-0.39, 0.29) is 0 Å². The summed E-state index contributed by atoms with van der Waals surface area (Å²) in [6, 6.07) is 13.9. The van der Waals surface area contributed by atoms with Gasteiger partial charge in [-0.25, -0.2) is 4.98 Å². The zero-order valence-electron chi connectivity index (χ0n) is 15.7. The summed E-state index contributed by atoms with van der Waals surface area (Å²) in [5.74, 6) is 2.77. The second kappa shape index (κ2) is 7.15. The fourth-order valence-corrected chi connectivity index (χ4v) is 3.08. The summed E-state index contributed by atoms with van der Waals surface area (Å²) in [4.78, 5) is 9.11. The highest BCUT2D eigenvalue weighted by molar-refractivity contribution is 5.66. The first-order valence-corrected chi connectivity index (χ1v) is 8.94. The minimum absolute atomic E-state index is 0.528.